The van der Waals surface area contributed by atoms with Crippen molar-refractivity contribution >= 4 is 21.6 Å². The molecule has 2 aliphatic heterocycles. The van der Waals surface area contributed by atoms with Crippen LogP contribution in [0.15, 0.2) is 47.4 Å². The average molecular weight is 526 g/mol. The minimum absolute atomic E-state index is 0.0242. The van der Waals surface area contributed by atoms with E-state index in [1.165, 1.54) is 17.5 Å². The van der Waals surface area contributed by atoms with Gasteiger partial charge in [0.25, 0.3) is 0 Å². The van der Waals surface area contributed by atoms with Crippen LogP contribution in [-0.4, -0.2) is 69.9 Å². The number of carbonyl (C=O) groups is 1. The Morgan fingerprint density at radius 2 is 1.64 bits per heavy atom. The minimum atomic E-state index is -4.40. The highest BCUT2D eigenvalue weighted by atomic mass is 32.2. The molecule has 11 heteroatoms. The van der Waals surface area contributed by atoms with Crippen molar-refractivity contribution in [2.75, 3.05) is 51.3 Å². The van der Waals surface area contributed by atoms with E-state index in [0.717, 1.165) is 17.7 Å². The molecule has 2 heterocycles. The summed E-state index contributed by atoms with van der Waals surface area (Å²) in [5, 5.41) is 0. The summed E-state index contributed by atoms with van der Waals surface area (Å²) in [7, 11) is -2.32. The van der Waals surface area contributed by atoms with Crippen LogP contribution in [0.25, 0.3) is 0 Å². The molecule has 2 aromatic rings. The van der Waals surface area contributed by atoms with Crippen molar-refractivity contribution in [3.05, 3.63) is 53.6 Å². The van der Waals surface area contributed by atoms with Crippen LogP contribution in [0.5, 0.6) is 5.75 Å². The number of halogens is 3. The van der Waals surface area contributed by atoms with Crippen LogP contribution in [0.4, 0.5) is 18.9 Å². The molecule has 0 unspecified atom stereocenters. The molecule has 2 aliphatic rings. The maximum absolute atomic E-state index is 13.2. The maximum Gasteiger partial charge on any atom is 0.416 e. The van der Waals surface area contributed by atoms with Gasteiger partial charge < -0.3 is 14.5 Å². The molecule has 0 saturated carbocycles. The van der Waals surface area contributed by atoms with Crippen LogP contribution in [0, 0.1) is 12.8 Å². The van der Waals surface area contributed by atoms with Gasteiger partial charge in [0.05, 0.1) is 12.7 Å². The summed E-state index contributed by atoms with van der Waals surface area (Å²) < 4.78 is 72.2. The van der Waals surface area contributed by atoms with Crippen LogP contribution in [0.1, 0.15) is 24.0 Å². The van der Waals surface area contributed by atoms with E-state index in [0.29, 0.717) is 44.7 Å². The maximum atomic E-state index is 13.2. The van der Waals surface area contributed by atoms with Crippen LogP contribution in [0.3, 0.4) is 0 Å². The Balaban J connectivity index is 1.34. The number of anilines is 1. The van der Waals surface area contributed by atoms with Gasteiger partial charge in [0.2, 0.25) is 15.9 Å². The number of amides is 1. The Labute approximate surface area is 209 Å². The van der Waals surface area contributed by atoms with E-state index in [1.807, 2.05) is 11.8 Å². The van der Waals surface area contributed by atoms with Crippen molar-refractivity contribution < 1.29 is 31.1 Å². The Kier molecular flexibility index (Phi) is 7.51. The smallest absolute Gasteiger partial charge is 0.416 e. The van der Waals surface area contributed by atoms with Gasteiger partial charge in [0.1, 0.15) is 10.6 Å². The molecule has 2 fully saturated rings. The number of ether oxygens (including phenoxy) is 1. The molecule has 0 radical (unpaired) electrons. The van der Waals surface area contributed by atoms with E-state index >= 15 is 0 Å². The molecule has 0 aliphatic carbocycles. The number of rotatable bonds is 5. The summed E-state index contributed by atoms with van der Waals surface area (Å²) >= 11 is 0. The summed E-state index contributed by atoms with van der Waals surface area (Å²) in [5.74, 6) is -0.0164. The number of benzene rings is 2. The van der Waals surface area contributed by atoms with Crippen molar-refractivity contribution in [3.8, 4) is 5.75 Å². The first kappa shape index (κ1) is 26.3. The normalized spacial score (nSPS) is 18.4. The van der Waals surface area contributed by atoms with Crippen molar-refractivity contribution in [2.45, 2.75) is 30.8 Å². The monoisotopic (exact) mass is 525 g/mol. The number of hydrogen-bond acceptors (Lipinski definition) is 5. The molecule has 0 atom stereocenters. The van der Waals surface area contributed by atoms with Gasteiger partial charge in [-0.05, 0) is 55.7 Å². The van der Waals surface area contributed by atoms with Crippen LogP contribution in [-0.2, 0) is 21.0 Å². The highest BCUT2D eigenvalue weighted by Crippen LogP contribution is 2.33. The molecule has 2 aromatic carbocycles. The highest BCUT2D eigenvalue weighted by Gasteiger charge is 2.36. The highest BCUT2D eigenvalue weighted by molar-refractivity contribution is 7.89. The third-order valence-corrected chi connectivity index (χ3v) is 8.79. The van der Waals surface area contributed by atoms with Gasteiger partial charge in [0, 0.05) is 50.9 Å². The molecular formula is C25H30F3N3O4S. The fourth-order valence-corrected chi connectivity index (χ4v) is 6.50. The molecule has 4 rings (SSSR count). The largest absolute Gasteiger partial charge is 0.495 e. The van der Waals surface area contributed by atoms with Gasteiger partial charge in [-0.1, -0.05) is 12.1 Å². The molecule has 36 heavy (non-hydrogen) atoms. The topological polar surface area (TPSA) is 70.2 Å². The Bertz CT molecular complexity index is 1200. The van der Waals surface area contributed by atoms with E-state index in [-0.39, 0.29) is 35.6 Å². The van der Waals surface area contributed by atoms with Gasteiger partial charge >= 0.3 is 6.18 Å². The molecule has 196 valence electrons. The van der Waals surface area contributed by atoms with Gasteiger partial charge in [-0.15, -0.1) is 0 Å². The first-order valence-electron chi connectivity index (χ1n) is 11.9. The van der Waals surface area contributed by atoms with E-state index in [4.69, 9.17) is 4.74 Å². The molecule has 0 N–H and O–H groups in total. The second-order valence-electron chi connectivity index (χ2n) is 9.19. The summed E-state index contributed by atoms with van der Waals surface area (Å²) in [6, 6.07) is 10.2. The molecule has 7 nitrogen and oxygen atoms in total. The lowest BCUT2D eigenvalue weighted by Gasteiger charge is -2.39. The average Bonchev–Trinajstić information content (AvgIpc) is 2.88. The predicted octanol–water partition coefficient (Wildman–Crippen LogP) is 3.77. The van der Waals surface area contributed by atoms with Crippen molar-refractivity contribution in [2.24, 2.45) is 5.92 Å². The van der Waals surface area contributed by atoms with E-state index in [2.05, 4.69) is 0 Å². The number of sulfonamides is 1. The number of hydrogen-bond donors (Lipinski definition) is 0. The summed E-state index contributed by atoms with van der Waals surface area (Å²) in [6.07, 6.45) is -3.57. The van der Waals surface area contributed by atoms with Crippen molar-refractivity contribution in [3.63, 3.8) is 0 Å². The van der Waals surface area contributed by atoms with Crippen molar-refractivity contribution in [1.29, 1.82) is 0 Å². The molecule has 0 aromatic heterocycles. The lowest BCUT2D eigenvalue weighted by atomic mass is 9.96. The lowest BCUT2D eigenvalue weighted by Crippen LogP contribution is -2.52. The first-order valence-corrected chi connectivity index (χ1v) is 13.3. The fraction of sp³-hybridized carbons (Fsp3) is 0.480. The number of piperazine rings is 1. The standard InChI is InChI=1S/C25H30F3N3O4S/c1-18-6-7-22(35-2)23(16-18)36(33,34)31-10-8-19(9-11-31)24(32)30-14-12-29(13-15-30)21-5-3-4-20(17-21)25(26,27)28/h3-7,16-17,19H,8-15H2,1-2H3. The zero-order chi connectivity index (χ0) is 26.1. The fourth-order valence-electron chi connectivity index (χ4n) is 4.79. The van der Waals surface area contributed by atoms with E-state index in [1.54, 1.807) is 29.2 Å². The Morgan fingerprint density at radius 3 is 2.25 bits per heavy atom. The van der Waals surface area contributed by atoms with Crippen LogP contribution in [0.2, 0.25) is 0 Å². The summed E-state index contributed by atoms with van der Waals surface area (Å²) in [5.41, 5.74) is 0.606. The Hall–Kier alpha value is -2.79. The molecule has 1 amide bonds. The van der Waals surface area contributed by atoms with Crippen LogP contribution < -0.4 is 9.64 Å². The SMILES string of the molecule is COc1ccc(C)cc1S(=O)(=O)N1CCC(C(=O)N2CCN(c3cccc(C(F)(F)F)c3)CC2)CC1. The Morgan fingerprint density at radius 1 is 0.972 bits per heavy atom. The van der Waals surface area contributed by atoms with Gasteiger partial charge in [-0.3, -0.25) is 4.79 Å². The second kappa shape index (κ2) is 10.3. The third-order valence-electron chi connectivity index (χ3n) is 6.87. The van der Waals surface area contributed by atoms with Gasteiger partial charge in [-0.25, -0.2) is 8.42 Å². The van der Waals surface area contributed by atoms with Crippen molar-refractivity contribution in [1.82, 2.24) is 9.21 Å². The van der Waals surface area contributed by atoms with Gasteiger partial charge in [-0.2, -0.15) is 17.5 Å². The zero-order valence-corrected chi connectivity index (χ0v) is 21.1. The summed E-state index contributed by atoms with van der Waals surface area (Å²) in [6.45, 7) is 3.99. The number of methoxy groups -OCH3 is 1. The zero-order valence-electron chi connectivity index (χ0n) is 20.3. The minimum Gasteiger partial charge on any atom is -0.495 e. The molecule has 0 bridgehead atoms. The summed E-state index contributed by atoms with van der Waals surface area (Å²) in [4.78, 5) is 16.8. The third kappa shape index (κ3) is 5.46. The predicted molar refractivity (Wildman–Crippen MR) is 129 cm³/mol. The number of carbonyl (C=O) groups excluding carboxylic acids is 1. The van der Waals surface area contributed by atoms with E-state index < -0.39 is 21.8 Å². The van der Waals surface area contributed by atoms with E-state index in [9.17, 15) is 26.4 Å². The molecular weight excluding hydrogens is 495 g/mol. The number of aryl methyl sites for hydroxylation is 1. The lowest BCUT2D eigenvalue weighted by molar-refractivity contribution is -0.137. The number of piperidine rings is 1. The van der Waals surface area contributed by atoms with Crippen LogP contribution >= 0.6 is 0 Å². The quantitative estimate of drug-likeness (QED) is 0.595. The first-order chi connectivity index (χ1) is 17.0. The number of alkyl halides is 3. The molecule has 0 spiro atoms. The molecule has 2 saturated heterocycles. The number of nitrogens with zero attached hydrogens (tertiary/aromatic N) is 3. The second-order valence-corrected chi connectivity index (χ2v) is 11.1. The van der Waals surface area contributed by atoms with Gasteiger partial charge in [0.15, 0.2) is 0 Å².